The van der Waals surface area contributed by atoms with E-state index in [-0.39, 0.29) is 0 Å². The van der Waals surface area contributed by atoms with Crippen molar-refractivity contribution in [3.05, 3.63) is 50.8 Å². The molecule has 0 aliphatic rings. The van der Waals surface area contributed by atoms with E-state index in [2.05, 4.69) is 9.97 Å². The van der Waals surface area contributed by atoms with Crippen LogP contribution >= 0.6 is 35.4 Å². The number of pyridine rings is 1. The summed E-state index contributed by atoms with van der Waals surface area (Å²) in [5, 5.41) is 0.951. The molecule has 3 nitrogen and oxygen atoms in total. The number of hydrogen-bond acceptors (Lipinski definition) is 2. The predicted molar refractivity (Wildman–Crippen MR) is 81.0 cm³/mol. The minimum absolute atomic E-state index is 0.462. The molecule has 19 heavy (non-hydrogen) atoms. The van der Waals surface area contributed by atoms with Crippen molar-refractivity contribution in [1.29, 1.82) is 0 Å². The zero-order chi connectivity index (χ0) is 13.6. The van der Waals surface area contributed by atoms with Gasteiger partial charge in [0.15, 0.2) is 10.4 Å². The van der Waals surface area contributed by atoms with Crippen molar-refractivity contribution in [2.45, 2.75) is 6.92 Å². The average Bonchev–Trinajstić information content (AvgIpc) is 2.69. The number of nitrogens with one attached hydrogen (secondary N) is 1. The summed E-state index contributed by atoms with van der Waals surface area (Å²) in [6.07, 6.45) is 0. The third kappa shape index (κ3) is 2.06. The Morgan fingerprint density at radius 3 is 2.79 bits per heavy atom. The minimum atomic E-state index is 0.462. The quantitative estimate of drug-likeness (QED) is 0.661. The molecule has 96 valence electrons. The molecule has 6 heteroatoms. The fourth-order valence-corrected chi connectivity index (χ4v) is 2.64. The largest absolute Gasteiger partial charge is 0.329 e. The van der Waals surface area contributed by atoms with E-state index in [0.29, 0.717) is 14.8 Å². The molecule has 0 atom stereocenters. The first kappa shape index (κ1) is 12.7. The van der Waals surface area contributed by atoms with E-state index >= 15 is 0 Å². The van der Waals surface area contributed by atoms with E-state index in [1.807, 2.05) is 31.2 Å². The van der Waals surface area contributed by atoms with Crippen LogP contribution in [0.25, 0.3) is 16.9 Å². The molecular weight excluding hydrogens is 301 g/mol. The van der Waals surface area contributed by atoms with Crippen LogP contribution in [-0.4, -0.2) is 14.5 Å². The highest BCUT2D eigenvalue weighted by Crippen LogP contribution is 2.30. The lowest BCUT2D eigenvalue weighted by molar-refractivity contribution is 1.04. The smallest absolute Gasteiger partial charge is 0.184 e. The van der Waals surface area contributed by atoms with Crippen LogP contribution in [0.4, 0.5) is 0 Å². The van der Waals surface area contributed by atoms with Crippen molar-refractivity contribution in [3.63, 3.8) is 0 Å². The number of nitrogens with zero attached hydrogens (tertiary/aromatic N) is 2. The highest BCUT2D eigenvalue weighted by Gasteiger charge is 2.12. The zero-order valence-corrected chi connectivity index (χ0v) is 12.3. The van der Waals surface area contributed by atoms with Crippen LogP contribution in [0, 0.1) is 11.7 Å². The van der Waals surface area contributed by atoms with Gasteiger partial charge in [0.25, 0.3) is 0 Å². The first-order valence-corrected chi connectivity index (χ1v) is 6.77. The summed E-state index contributed by atoms with van der Waals surface area (Å²) in [6, 6.07) is 9.31. The average molecular weight is 310 g/mol. The lowest BCUT2D eigenvalue weighted by atomic mass is 10.3. The monoisotopic (exact) mass is 309 g/mol. The standard InChI is InChI=1S/C13H9Cl2N3S/c1-7-5-6-9-12(16-7)18(13(19)17-9)10-4-2-3-8(14)11(10)15/h2-6H,1H3,(H,17,19). The number of aromatic nitrogens is 3. The molecule has 0 saturated heterocycles. The summed E-state index contributed by atoms with van der Waals surface area (Å²) < 4.78 is 2.34. The SMILES string of the molecule is Cc1ccc2[nH]c(=S)n(-c3cccc(Cl)c3Cl)c2n1. The fraction of sp³-hybridized carbons (Fsp3) is 0.0769. The van der Waals surface area contributed by atoms with Gasteiger partial charge in [-0.1, -0.05) is 29.3 Å². The summed E-state index contributed by atoms with van der Waals surface area (Å²) in [7, 11) is 0. The molecule has 3 aromatic rings. The number of rotatable bonds is 1. The molecule has 0 saturated carbocycles. The number of hydrogen-bond donors (Lipinski definition) is 1. The van der Waals surface area contributed by atoms with Gasteiger partial charge in [0, 0.05) is 5.69 Å². The van der Waals surface area contributed by atoms with Gasteiger partial charge in [-0.15, -0.1) is 0 Å². The van der Waals surface area contributed by atoms with Crippen LogP contribution in [0.5, 0.6) is 0 Å². The second kappa shape index (κ2) is 4.63. The van der Waals surface area contributed by atoms with Gasteiger partial charge in [-0.2, -0.15) is 0 Å². The zero-order valence-electron chi connectivity index (χ0n) is 9.95. The van der Waals surface area contributed by atoms with Crippen LogP contribution in [0.3, 0.4) is 0 Å². The van der Waals surface area contributed by atoms with E-state index in [4.69, 9.17) is 35.4 Å². The first-order valence-electron chi connectivity index (χ1n) is 5.60. The van der Waals surface area contributed by atoms with Crippen LogP contribution in [0.2, 0.25) is 10.0 Å². The molecule has 0 fully saturated rings. The molecule has 0 unspecified atom stereocenters. The Bertz CT molecular complexity index is 836. The number of benzene rings is 1. The van der Waals surface area contributed by atoms with Gasteiger partial charge in [0.2, 0.25) is 0 Å². The predicted octanol–water partition coefficient (Wildman–Crippen LogP) is 4.70. The minimum Gasteiger partial charge on any atom is -0.329 e. The third-order valence-electron chi connectivity index (χ3n) is 2.84. The Kier molecular flexibility index (Phi) is 3.09. The Labute approximate surface area is 124 Å². The molecular formula is C13H9Cl2N3S. The number of aryl methyl sites for hydroxylation is 1. The van der Waals surface area contributed by atoms with E-state index in [9.17, 15) is 0 Å². The number of aromatic amines is 1. The molecule has 0 spiro atoms. The number of halogens is 2. The molecule has 0 amide bonds. The molecule has 3 rings (SSSR count). The molecule has 0 aliphatic heterocycles. The Morgan fingerprint density at radius 1 is 1.21 bits per heavy atom. The van der Waals surface area contributed by atoms with Gasteiger partial charge in [-0.05, 0) is 43.4 Å². The number of H-pyrrole nitrogens is 1. The number of imidazole rings is 1. The molecule has 0 bridgehead atoms. The lowest BCUT2D eigenvalue weighted by Crippen LogP contribution is -1.97. The van der Waals surface area contributed by atoms with Gasteiger partial charge >= 0.3 is 0 Å². The first-order chi connectivity index (χ1) is 9.08. The number of fused-ring (bicyclic) bond motifs is 1. The molecule has 1 aromatic carbocycles. The maximum Gasteiger partial charge on any atom is 0.184 e. The summed E-state index contributed by atoms with van der Waals surface area (Å²) in [5.74, 6) is 0. The van der Waals surface area contributed by atoms with Gasteiger partial charge in [-0.25, -0.2) is 4.98 Å². The van der Waals surface area contributed by atoms with Crippen molar-refractivity contribution in [2.24, 2.45) is 0 Å². The summed E-state index contributed by atoms with van der Waals surface area (Å²) in [5.41, 5.74) is 3.25. The van der Waals surface area contributed by atoms with Crippen molar-refractivity contribution in [2.75, 3.05) is 0 Å². The summed E-state index contributed by atoms with van der Waals surface area (Å²) in [4.78, 5) is 7.62. The van der Waals surface area contributed by atoms with Crippen LogP contribution < -0.4 is 0 Å². The van der Waals surface area contributed by atoms with Gasteiger partial charge in [0.1, 0.15) is 0 Å². The Morgan fingerprint density at radius 2 is 2.00 bits per heavy atom. The van der Waals surface area contributed by atoms with E-state index in [1.165, 1.54) is 0 Å². The van der Waals surface area contributed by atoms with Gasteiger partial charge in [0.05, 0.1) is 21.2 Å². The maximum absolute atomic E-state index is 6.26. The van der Waals surface area contributed by atoms with E-state index in [1.54, 1.807) is 10.6 Å². The lowest BCUT2D eigenvalue weighted by Gasteiger charge is -2.07. The maximum atomic E-state index is 6.26. The normalized spacial score (nSPS) is 11.1. The van der Waals surface area contributed by atoms with E-state index < -0.39 is 0 Å². The fourth-order valence-electron chi connectivity index (χ4n) is 1.97. The highest BCUT2D eigenvalue weighted by molar-refractivity contribution is 7.71. The van der Waals surface area contributed by atoms with Crippen LogP contribution in [-0.2, 0) is 0 Å². The van der Waals surface area contributed by atoms with Crippen molar-refractivity contribution < 1.29 is 0 Å². The van der Waals surface area contributed by atoms with Crippen molar-refractivity contribution >= 4 is 46.6 Å². The second-order valence-corrected chi connectivity index (χ2v) is 5.33. The second-order valence-electron chi connectivity index (χ2n) is 4.16. The molecule has 1 N–H and O–H groups in total. The van der Waals surface area contributed by atoms with Crippen molar-refractivity contribution in [3.8, 4) is 5.69 Å². The van der Waals surface area contributed by atoms with Gasteiger partial charge < -0.3 is 4.98 Å². The Hall–Kier alpha value is -1.36. The topological polar surface area (TPSA) is 33.6 Å². The highest BCUT2D eigenvalue weighted by atomic mass is 35.5. The van der Waals surface area contributed by atoms with Crippen LogP contribution in [0.1, 0.15) is 5.69 Å². The Balaban J connectivity index is 2.42. The van der Waals surface area contributed by atoms with Gasteiger partial charge in [-0.3, -0.25) is 4.57 Å². The van der Waals surface area contributed by atoms with Crippen LogP contribution in [0.15, 0.2) is 30.3 Å². The third-order valence-corrected chi connectivity index (χ3v) is 3.94. The molecule has 0 radical (unpaired) electrons. The summed E-state index contributed by atoms with van der Waals surface area (Å²) >= 11 is 17.7. The summed E-state index contributed by atoms with van der Waals surface area (Å²) in [6.45, 7) is 1.93. The van der Waals surface area contributed by atoms with Crippen molar-refractivity contribution in [1.82, 2.24) is 14.5 Å². The molecule has 2 heterocycles. The van der Waals surface area contributed by atoms with E-state index in [0.717, 1.165) is 22.5 Å². The molecule has 0 aliphatic carbocycles. The molecule has 2 aromatic heterocycles.